The second-order valence-electron chi connectivity index (χ2n) is 10.3. The lowest BCUT2D eigenvalue weighted by atomic mass is 10.0. The van der Waals surface area contributed by atoms with Crippen molar-refractivity contribution in [3.8, 4) is 5.75 Å². The number of ether oxygens (including phenoxy) is 1. The largest absolute Gasteiger partial charge is 0.494 e. The van der Waals surface area contributed by atoms with Gasteiger partial charge in [0.2, 0.25) is 0 Å². The number of benzene rings is 2. The number of rotatable bonds is 7. The predicted molar refractivity (Wildman–Crippen MR) is 153 cm³/mol. The maximum atomic E-state index is 13.7. The third-order valence-electron chi connectivity index (χ3n) is 7.53. The summed E-state index contributed by atoms with van der Waals surface area (Å²) in [6.45, 7) is 2.99. The molecule has 1 aromatic heterocycles. The Morgan fingerprint density at radius 3 is 2.55 bits per heavy atom. The van der Waals surface area contributed by atoms with Gasteiger partial charge in [0, 0.05) is 61.6 Å². The van der Waals surface area contributed by atoms with E-state index in [4.69, 9.17) is 16.3 Å². The smallest absolute Gasteiger partial charge is 0.416 e. The fourth-order valence-electron chi connectivity index (χ4n) is 5.34. The molecule has 2 aliphatic rings. The zero-order chi connectivity index (χ0) is 28.4. The Kier molecular flexibility index (Phi) is 8.14. The SMILES string of the molecule is COc1cc(N2CCC(N(C)C)CC2)ccc1Nc1cc2c(nn1)NCCN2Cc1cc(Cl)ccc1C(F)(F)F. The van der Waals surface area contributed by atoms with Gasteiger partial charge in [0.25, 0.3) is 0 Å². The maximum Gasteiger partial charge on any atom is 0.416 e. The second-order valence-corrected chi connectivity index (χ2v) is 10.7. The van der Waals surface area contributed by atoms with Gasteiger partial charge in [-0.25, -0.2) is 0 Å². The Morgan fingerprint density at radius 2 is 1.85 bits per heavy atom. The van der Waals surface area contributed by atoms with Crippen LogP contribution >= 0.6 is 11.6 Å². The van der Waals surface area contributed by atoms with Gasteiger partial charge in [0.1, 0.15) is 5.75 Å². The van der Waals surface area contributed by atoms with Crippen LogP contribution in [0.25, 0.3) is 0 Å². The van der Waals surface area contributed by atoms with Gasteiger partial charge in [0.05, 0.1) is 24.0 Å². The molecule has 5 rings (SSSR count). The van der Waals surface area contributed by atoms with Crippen molar-refractivity contribution in [2.24, 2.45) is 0 Å². The van der Waals surface area contributed by atoms with Crippen LogP contribution in [0.15, 0.2) is 42.5 Å². The summed E-state index contributed by atoms with van der Waals surface area (Å²) in [7, 11) is 5.87. The Morgan fingerprint density at radius 1 is 1.07 bits per heavy atom. The van der Waals surface area contributed by atoms with E-state index >= 15 is 0 Å². The number of halogens is 4. The Labute approximate surface area is 237 Å². The topological polar surface area (TPSA) is 68.8 Å². The highest BCUT2D eigenvalue weighted by molar-refractivity contribution is 6.30. The fourth-order valence-corrected chi connectivity index (χ4v) is 5.53. The molecule has 2 aliphatic heterocycles. The van der Waals surface area contributed by atoms with Gasteiger partial charge in [-0.15, -0.1) is 10.2 Å². The summed E-state index contributed by atoms with van der Waals surface area (Å²) in [5.41, 5.74) is 1.86. The van der Waals surface area contributed by atoms with Crippen LogP contribution in [-0.2, 0) is 12.7 Å². The molecule has 0 aliphatic carbocycles. The number of hydrogen-bond donors (Lipinski definition) is 2. The minimum absolute atomic E-state index is 0.0255. The lowest BCUT2D eigenvalue weighted by Gasteiger charge is -2.36. The van der Waals surface area contributed by atoms with E-state index in [2.05, 4.69) is 50.8 Å². The summed E-state index contributed by atoms with van der Waals surface area (Å²) in [5.74, 6) is 1.62. The third kappa shape index (κ3) is 6.15. The molecule has 1 saturated heterocycles. The van der Waals surface area contributed by atoms with Crippen molar-refractivity contribution < 1.29 is 17.9 Å². The summed E-state index contributed by atoms with van der Waals surface area (Å²) in [4.78, 5) is 6.50. The van der Waals surface area contributed by atoms with Crippen molar-refractivity contribution in [3.05, 3.63) is 58.6 Å². The molecular formula is C28H33ClF3N7O. The molecule has 0 spiro atoms. The molecule has 3 aromatic rings. The van der Waals surface area contributed by atoms with Crippen molar-refractivity contribution >= 4 is 40.3 Å². The molecule has 0 saturated carbocycles. The van der Waals surface area contributed by atoms with Gasteiger partial charge in [-0.1, -0.05) is 11.6 Å². The molecule has 12 heteroatoms. The molecule has 3 heterocycles. The van der Waals surface area contributed by atoms with Gasteiger partial charge in [-0.3, -0.25) is 0 Å². The number of fused-ring (bicyclic) bond motifs is 1. The molecular weight excluding hydrogens is 543 g/mol. The Hall–Kier alpha value is -3.44. The number of methoxy groups -OCH3 is 1. The van der Waals surface area contributed by atoms with Crippen molar-refractivity contribution in [2.45, 2.75) is 31.6 Å². The number of anilines is 5. The lowest BCUT2D eigenvalue weighted by Crippen LogP contribution is -2.41. The zero-order valence-electron chi connectivity index (χ0n) is 22.7. The summed E-state index contributed by atoms with van der Waals surface area (Å²) in [5, 5.41) is 15.3. The summed E-state index contributed by atoms with van der Waals surface area (Å²) < 4.78 is 46.7. The van der Waals surface area contributed by atoms with Crippen LogP contribution < -0.4 is 25.2 Å². The third-order valence-corrected chi connectivity index (χ3v) is 7.77. The first-order valence-corrected chi connectivity index (χ1v) is 13.6. The minimum atomic E-state index is -4.48. The molecule has 1 fully saturated rings. The van der Waals surface area contributed by atoms with E-state index in [-0.39, 0.29) is 17.1 Å². The van der Waals surface area contributed by atoms with Crippen molar-refractivity contribution in [2.75, 3.05) is 67.8 Å². The van der Waals surface area contributed by atoms with Gasteiger partial charge in [-0.2, -0.15) is 13.2 Å². The summed E-state index contributed by atoms with van der Waals surface area (Å²) >= 11 is 6.06. The van der Waals surface area contributed by atoms with E-state index in [1.54, 1.807) is 13.2 Å². The normalized spacial score (nSPS) is 16.1. The van der Waals surface area contributed by atoms with Gasteiger partial charge in [-0.05, 0) is 62.8 Å². The van der Waals surface area contributed by atoms with E-state index in [0.29, 0.717) is 47.9 Å². The number of alkyl halides is 3. The van der Waals surface area contributed by atoms with Crippen LogP contribution in [0.4, 0.5) is 41.9 Å². The van der Waals surface area contributed by atoms with E-state index in [1.807, 2.05) is 17.0 Å². The molecule has 40 heavy (non-hydrogen) atoms. The molecule has 0 bridgehead atoms. The first kappa shape index (κ1) is 28.1. The Balaban J connectivity index is 1.36. The fraction of sp³-hybridized carbons (Fsp3) is 0.429. The highest BCUT2D eigenvalue weighted by atomic mass is 35.5. The van der Waals surface area contributed by atoms with E-state index in [9.17, 15) is 13.2 Å². The van der Waals surface area contributed by atoms with Gasteiger partial charge in [0.15, 0.2) is 11.6 Å². The number of nitrogens with one attached hydrogen (secondary N) is 2. The van der Waals surface area contributed by atoms with Gasteiger partial charge < -0.3 is 30.1 Å². The van der Waals surface area contributed by atoms with Crippen molar-refractivity contribution in [3.63, 3.8) is 0 Å². The summed E-state index contributed by atoms with van der Waals surface area (Å²) in [6.07, 6.45) is -2.28. The first-order valence-electron chi connectivity index (χ1n) is 13.2. The van der Waals surface area contributed by atoms with Crippen LogP contribution in [0.2, 0.25) is 5.02 Å². The van der Waals surface area contributed by atoms with Crippen LogP contribution in [0.5, 0.6) is 5.75 Å². The van der Waals surface area contributed by atoms with E-state index in [0.717, 1.165) is 37.7 Å². The van der Waals surface area contributed by atoms with E-state index < -0.39 is 11.7 Å². The molecule has 2 N–H and O–H groups in total. The van der Waals surface area contributed by atoms with Crippen LogP contribution in [-0.4, -0.2) is 68.5 Å². The molecule has 0 atom stereocenters. The standard InChI is InChI=1S/C28H33ClF3N7O/c1-37(2)20-8-11-38(12-9-20)21-5-7-23(25(15-21)40-3)34-26-16-24-27(36-35-26)33-10-13-39(24)17-18-14-19(29)4-6-22(18)28(30,31)32/h4-7,14-16,20H,8-13,17H2,1-3H3,(H,33,36)(H,34,35). The maximum absolute atomic E-state index is 13.7. The summed E-state index contributed by atoms with van der Waals surface area (Å²) in [6, 6.07) is 12.0. The number of aromatic nitrogens is 2. The molecule has 8 nitrogen and oxygen atoms in total. The molecule has 214 valence electrons. The van der Waals surface area contributed by atoms with Crippen LogP contribution in [0.3, 0.4) is 0 Å². The molecule has 0 amide bonds. The van der Waals surface area contributed by atoms with Crippen LogP contribution in [0, 0.1) is 0 Å². The number of hydrogen-bond acceptors (Lipinski definition) is 8. The highest BCUT2D eigenvalue weighted by Crippen LogP contribution is 2.38. The monoisotopic (exact) mass is 575 g/mol. The second kappa shape index (κ2) is 11.6. The quantitative estimate of drug-likeness (QED) is 0.363. The Bertz CT molecular complexity index is 1350. The molecule has 0 radical (unpaired) electrons. The van der Waals surface area contributed by atoms with Gasteiger partial charge >= 0.3 is 6.18 Å². The average Bonchev–Trinajstić information content (AvgIpc) is 2.93. The highest BCUT2D eigenvalue weighted by Gasteiger charge is 2.34. The predicted octanol–water partition coefficient (Wildman–Crippen LogP) is 5.86. The molecule has 2 aromatic carbocycles. The first-order chi connectivity index (χ1) is 19.1. The minimum Gasteiger partial charge on any atom is -0.494 e. The van der Waals surface area contributed by atoms with Crippen molar-refractivity contribution in [1.29, 1.82) is 0 Å². The lowest BCUT2D eigenvalue weighted by molar-refractivity contribution is -0.138. The van der Waals surface area contributed by atoms with Crippen LogP contribution in [0.1, 0.15) is 24.0 Å². The number of piperidine rings is 1. The van der Waals surface area contributed by atoms with Crippen molar-refractivity contribution in [1.82, 2.24) is 15.1 Å². The van der Waals surface area contributed by atoms with E-state index in [1.165, 1.54) is 12.1 Å². The number of nitrogens with zero attached hydrogens (tertiary/aromatic N) is 5. The molecule has 0 unspecified atom stereocenters. The zero-order valence-corrected chi connectivity index (χ0v) is 23.5. The average molecular weight is 576 g/mol.